The van der Waals surface area contributed by atoms with Crippen molar-refractivity contribution in [2.24, 2.45) is 0 Å². The number of nitrogens with zero attached hydrogens (tertiary/aromatic N) is 5. The minimum atomic E-state index is 0.762. The van der Waals surface area contributed by atoms with Gasteiger partial charge in [0.05, 0.1) is 17.8 Å². The first-order valence-electron chi connectivity index (χ1n) is 7.78. The summed E-state index contributed by atoms with van der Waals surface area (Å²) >= 11 is 0. The van der Waals surface area contributed by atoms with Crippen LogP contribution in [0.15, 0.2) is 36.7 Å². The number of rotatable bonds is 4. The number of benzene rings is 1. The summed E-state index contributed by atoms with van der Waals surface area (Å²) in [6, 6.07) is 10.1. The lowest BCUT2D eigenvalue weighted by Crippen LogP contribution is -2.46. The van der Waals surface area contributed by atoms with Gasteiger partial charge in [-0.05, 0) is 19.1 Å². The van der Waals surface area contributed by atoms with Crippen LogP contribution in [0.5, 0.6) is 0 Å². The van der Waals surface area contributed by atoms with E-state index in [2.05, 4.69) is 32.3 Å². The van der Waals surface area contributed by atoms with Gasteiger partial charge in [-0.2, -0.15) is 5.26 Å². The topological polar surface area (TPSA) is 48.1 Å². The van der Waals surface area contributed by atoms with Crippen LogP contribution in [0.4, 0.5) is 5.69 Å². The van der Waals surface area contributed by atoms with Gasteiger partial charge in [0.2, 0.25) is 0 Å². The van der Waals surface area contributed by atoms with Crippen molar-refractivity contribution in [1.29, 1.82) is 5.26 Å². The molecule has 2 heterocycles. The lowest BCUT2D eigenvalue weighted by Gasteiger charge is -2.36. The molecule has 22 heavy (non-hydrogen) atoms. The fourth-order valence-electron chi connectivity index (χ4n) is 2.97. The van der Waals surface area contributed by atoms with Crippen molar-refractivity contribution in [2.75, 3.05) is 31.1 Å². The lowest BCUT2D eigenvalue weighted by atomic mass is 10.1. The maximum atomic E-state index is 9.23. The first-order valence-corrected chi connectivity index (χ1v) is 7.78. The van der Waals surface area contributed by atoms with Crippen LogP contribution in [0.2, 0.25) is 0 Å². The molecule has 0 radical (unpaired) electrons. The van der Waals surface area contributed by atoms with Gasteiger partial charge in [0, 0.05) is 45.1 Å². The van der Waals surface area contributed by atoms with Gasteiger partial charge in [0.1, 0.15) is 11.9 Å². The molecule has 5 nitrogen and oxygen atoms in total. The standard InChI is InChI=1S/C17H21N5/c1-2-21-8-7-19-17(21)14-20-9-11-22(12-10-20)16-6-4-3-5-15(16)13-18/h3-8H,2,9-12,14H2,1H3. The van der Waals surface area contributed by atoms with E-state index in [-0.39, 0.29) is 0 Å². The molecule has 1 aliphatic rings. The summed E-state index contributed by atoms with van der Waals surface area (Å²) < 4.78 is 2.19. The SMILES string of the molecule is CCn1ccnc1CN1CCN(c2ccccc2C#N)CC1. The first-order chi connectivity index (χ1) is 10.8. The molecule has 0 atom stereocenters. The number of imidazole rings is 1. The Kier molecular flexibility index (Phi) is 4.40. The van der Waals surface area contributed by atoms with Crippen LogP contribution < -0.4 is 4.90 Å². The van der Waals surface area contributed by atoms with Crippen LogP contribution in [0.1, 0.15) is 18.3 Å². The first kappa shape index (κ1) is 14.6. The second-order valence-electron chi connectivity index (χ2n) is 5.52. The summed E-state index contributed by atoms with van der Waals surface area (Å²) in [6.07, 6.45) is 3.91. The van der Waals surface area contributed by atoms with Crippen LogP contribution in [0, 0.1) is 11.3 Å². The lowest BCUT2D eigenvalue weighted by molar-refractivity contribution is 0.241. The number of hydrogen-bond donors (Lipinski definition) is 0. The summed E-state index contributed by atoms with van der Waals surface area (Å²) in [5, 5.41) is 9.23. The van der Waals surface area contributed by atoms with Crippen molar-refractivity contribution in [3.8, 4) is 6.07 Å². The van der Waals surface area contributed by atoms with E-state index >= 15 is 0 Å². The summed E-state index contributed by atoms with van der Waals surface area (Å²) in [6.45, 7) is 7.89. The minimum Gasteiger partial charge on any atom is -0.368 e. The van der Waals surface area contributed by atoms with Crippen LogP contribution in [-0.2, 0) is 13.1 Å². The molecule has 0 saturated carbocycles. The molecule has 2 aromatic rings. The number of anilines is 1. The van der Waals surface area contributed by atoms with Gasteiger partial charge in [0.25, 0.3) is 0 Å². The van der Waals surface area contributed by atoms with Gasteiger partial charge in [-0.3, -0.25) is 4.90 Å². The molecule has 0 spiro atoms. The zero-order valence-electron chi connectivity index (χ0n) is 12.9. The molecule has 1 saturated heterocycles. The van der Waals surface area contributed by atoms with E-state index in [0.29, 0.717) is 0 Å². The normalized spacial score (nSPS) is 15.7. The summed E-state index contributed by atoms with van der Waals surface area (Å²) in [4.78, 5) is 9.19. The Bertz CT molecular complexity index is 662. The number of aryl methyl sites for hydroxylation is 1. The second kappa shape index (κ2) is 6.63. The molecule has 1 aliphatic heterocycles. The molecule has 114 valence electrons. The molecule has 1 aromatic heterocycles. The Balaban J connectivity index is 1.62. The Hall–Kier alpha value is -2.32. The monoisotopic (exact) mass is 295 g/mol. The van der Waals surface area contributed by atoms with Gasteiger partial charge >= 0.3 is 0 Å². The molecule has 0 unspecified atom stereocenters. The Morgan fingerprint density at radius 2 is 1.95 bits per heavy atom. The number of aromatic nitrogens is 2. The second-order valence-corrected chi connectivity index (χ2v) is 5.52. The summed E-state index contributed by atoms with van der Waals surface area (Å²) in [5.41, 5.74) is 1.82. The average molecular weight is 295 g/mol. The van der Waals surface area contributed by atoms with Gasteiger partial charge < -0.3 is 9.47 Å². The van der Waals surface area contributed by atoms with Crippen molar-refractivity contribution in [1.82, 2.24) is 14.5 Å². The number of para-hydroxylation sites is 1. The van der Waals surface area contributed by atoms with E-state index in [0.717, 1.165) is 56.3 Å². The largest absolute Gasteiger partial charge is 0.368 e. The molecule has 1 aromatic carbocycles. The van der Waals surface area contributed by atoms with E-state index in [1.165, 1.54) is 0 Å². The minimum absolute atomic E-state index is 0.762. The smallest absolute Gasteiger partial charge is 0.122 e. The third kappa shape index (κ3) is 2.97. The van der Waals surface area contributed by atoms with Crippen LogP contribution in [0.3, 0.4) is 0 Å². The molecule has 0 amide bonds. The highest BCUT2D eigenvalue weighted by molar-refractivity contribution is 5.59. The molecule has 5 heteroatoms. The van der Waals surface area contributed by atoms with Crippen molar-refractivity contribution < 1.29 is 0 Å². The Morgan fingerprint density at radius 3 is 2.68 bits per heavy atom. The average Bonchev–Trinajstić information content (AvgIpc) is 3.02. The van der Waals surface area contributed by atoms with E-state index in [4.69, 9.17) is 0 Å². The van der Waals surface area contributed by atoms with E-state index < -0.39 is 0 Å². The highest BCUT2D eigenvalue weighted by atomic mass is 15.3. The predicted octanol–water partition coefficient (Wildman–Crippen LogP) is 2.10. The molecule has 1 fully saturated rings. The Labute approximate surface area is 131 Å². The molecule has 3 rings (SSSR count). The van der Waals surface area contributed by atoms with Crippen molar-refractivity contribution >= 4 is 5.69 Å². The third-order valence-corrected chi connectivity index (χ3v) is 4.24. The Morgan fingerprint density at radius 1 is 1.18 bits per heavy atom. The third-order valence-electron chi connectivity index (χ3n) is 4.24. The van der Waals surface area contributed by atoms with Crippen molar-refractivity contribution in [2.45, 2.75) is 20.0 Å². The van der Waals surface area contributed by atoms with Crippen molar-refractivity contribution in [3.05, 3.63) is 48.0 Å². The van der Waals surface area contributed by atoms with Gasteiger partial charge in [-0.1, -0.05) is 12.1 Å². The fraction of sp³-hybridized carbons (Fsp3) is 0.412. The van der Waals surface area contributed by atoms with Crippen LogP contribution >= 0.6 is 0 Å². The fourth-order valence-corrected chi connectivity index (χ4v) is 2.97. The number of nitriles is 1. The van der Waals surface area contributed by atoms with Gasteiger partial charge in [-0.15, -0.1) is 0 Å². The zero-order chi connectivity index (χ0) is 15.4. The van der Waals surface area contributed by atoms with Crippen LogP contribution in [-0.4, -0.2) is 40.6 Å². The molecular weight excluding hydrogens is 274 g/mol. The molecule has 0 N–H and O–H groups in total. The van der Waals surface area contributed by atoms with Gasteiger partial charge in [0.15, 0.2) is 0 Å². The maximum absolute atomic E-state index is 9.23. The maximum Gasteiger partial charge on any atom is 0.122 e. The van der Waals surface area contributed by atoms with Crippen molar-refractivity contribution in [3.63, 3.8) is 0 Å². The van der Waals surface area contributed by atoms with Crippen LogP contribution in [0.25, 0.3) is 0 Å². The highest BCUT2D eigenvalue weighted by Crippen LogP contribution is 2.21. The van der Waals surface area contributed by atoms with E-state index in [1.54, 1.807) is 0 Å². The predicted molar refractivity (Wildman–Crippen MR) is 86.5 cm³/mol. The molecule has 0 aliphatic carbocycles. The molecule has 0 bridgehead atoms. The van der Waals surface area contributed by atoms with Gasteiger partial charge in [-0.25, -0.2) is 4.98 Å². The van der Waals surface area contributed by atoms with E-state index in [1.807, 2.05) is 36.7 Å². The summed E-state index contributed by atoms with van der Waals surface area (Å²) in [5.74, 6) is 1.13. The number of piperazine rings is 1. The zero-order valence-corrected chi connectivity index (χ0v) is 12.9. The number of hydrogen-bond acceptors (Lipinski definition) is 4. The molecular formula is C17H21N5. The van der Waals surface area contributed by atoms with E-state index in [9.17, 15) is 5.26 Å². The quantitative estimate of drug-likeness (QED) is 0.866. The highest BCUT2D eigenvalue weighted by Gasteiger charge is 2.20. The summed E-state index contributed by atoms with van der Waals surface area (Å²) in [7, 11) is 0.